The fourth-order valence-electron chi connectivity index (χ4n) is 0.407. The van der Waals surface area contributed by atoms with Gasteiger partial charge in [0.15, 0.2) is 0 Å². The first-order valence-corrected chi connectivity index (χ1v) is 4.63. The van der Waals surface area contributed by atoms with Gasteiger partial charge in [-0.25, -0.2) is 0 Å². The Labute approximate surface area is 89.2 Å². The van der Waals surface area contributed by atoms with Crippen LogP contribution < -0.4 is 0 Å². The third kappa shape index (κ3) is 5.49. The average Bonchev–Trinajstić information content (AvgIpc) is 2.00. The number of nitrogens with zero attached hydrogens (tertiary/aromatic N) is 2. The average molecular weight is 302 g/mol. The van der Waals surface area contributed by atoms with Crippen LogP contribution in [0.5, 0.6) is 0 Å². The summed E-state index contributed by atoms with van der Waals surface area (Å²) in [6.07, 6.45) is 0.968. The second-order valence-electron chi connectivity index (χ2n) is 1.87. The minimum atomic E-state index is -0.553. The molecule has 0 saturated heterocycles. The summed E-state index contributed by atoms with van der Waals surface area (Å²) in [6, 6.07) is 4.07. The maximum Gasteiger partial charge on any atom is 0.123 e. The van der Waals surface area contributed by atoms with E-state index in [-0.39, 0.29) is 12.4 Å². The number of alkyl halides is 2. The quantitative estimate of drug-likeness (QED) is 0.753. The van der Waals surface area contributed by atoms with Crippen LogP contribution in [0.3, 0.4) is 0 Å². The van der Waals surface area contributed by atoms with Crippen LogP contribution in [0.25, 0.3) is 0 Å². The van der Waals surface area contributed by atoms with Gasteiger partial charge in [-0.05, 0) is 6.42 Å². The van der Waals surface area contributed by atoms with Crippen LogP contribution in [-0.2, 0) is 0 Å². The van der Waals surface area contributed by atoms with Crippen LogP contribution >= 0.6 is 44.3 Å². The molecule has 0 heterocycles. The lowest BCUT2D eigenvalue weighted by Gasteiger charge is -2.12. The lowest BCUT2D eigenvalue weighted by molar-refractivity contribution is 0.752. The summed E-state index contributed by atoms with van der Waals surface area (Å²) in [6.45, 7) is 0. The van der Waals surface area contributed by atoms with E-state index in [4.69, 9.17) is 10.5 Å². The Morgan fingerprint density at radius 1 is 1.36 bits per heavy atom. The summed E-state index contributed by atoms with van der Waals surface area (Å²) >= 11 is 6.41. The molecule has 11 heavy (non-hydrogen) atoms. The second-order valence-corrected chi connectivity index (χ2v) is 3.95. The van der Waals surface area contributed by atoms with Crippen molar-refractivity contribution in [2.45, 2.75) is 17.2 Å². The van der Waals surface area contributed by atoms with Crippen molar-refractivity contribution in [3.63, 3.8) is 0 Å². The zero-order chi connectivity index (χ0) is 8.04. The Kier molecular flexibility index (Phi) is 8.67. The molecule has 0 spiro atoms. The fourth-order valence-corrected chi connectivity index (χ4v) is 1.01. The molecule has 2 nitrogen and oxygen atoms in total. The number of hydrogen-bond acceptors (Lipinski definition) is 2. The monoisotopic (exact) mass is 300 g/mol. The molecule has 0 N–H and O–H groups in total. The van der Waals surface area contributed by atoms with Crippen LogP contribution in [-0.4, -0.2) is 9.65 Å². The van der Waals surface area contributed by atoms with Gasteiger partial charge >= 0.3 is 0 Å². The van der Waals surface area contributed by atoms with Crippen LogP contribution in [0, 0.1) is 22.7 Å². The maximum atomic E-state index is 8.58. The van der Waals surface area contributed by atoms with Crippen molar-refractivity contribution in [3.05, 3.63) is 0 Å². The van der Waals surface area contributed by atoms with Crippen molar-refractivity contribution >= 4 is 44.3 Å². The van der Waals surface area contributed by atoms with Crippen LogP contribution in [0.2, 0.25) is 0 Å². The normalized spacial score (nSPS) is 13.5. The molecule has 0 aromatic heterocycles. The summed E-state index contributed by atoms with van der Waals surface area (Å²) in [5, 5.41) is 17.4. The van der Waals surface area contributed by atoms with E-state index in [0.29, 0.717) is 18.2 Å². The lowest BCUT2D eigenvalue weighted by Crippen LogP contribution is -2.19. The van der Waals surface area contributed by atoms with E-state index in [0.717, 1.165) is 0 Å². The molecule has 1 unspecified atom stereocenters. The Bertz CT molecular complexity index is 184. The van der Waals surface area contributed by atoms with Gasteiger partial charge in [0.2, 0.25) is 0 Å². The molecule has 0 saturated carbocycles. The van der Waals surface area contributed by atoms with Crippen LogP contribution in [0.1, 0.15) is 12.8 Å². The van der Waals surface area contributed by atoms with Gasteiger partial charge in [0, 0.05) is 11.8 Å². The molecule has 0 aliphatic rings. The lowest BCUT2D eigenvalue weighted by atomic mass is 10.1. The van der Waals surface area contributed by atoms with Gasteiger partial charge in [-0.3, -0.25) is 0 Å². The summed E-state index contributed by atoms with van der Waals surface area (Å²) < 4.78 is -0.553. The van der Waals surface area contributed by atoms with Crippen LogP contribution in [0.4, 0.5) is 0 Å². The maximum absolute atomic E-state index is 8.58. The zero-order valence-electron chi connectivity index (χ0n) is 5.68. The highest BCUT2D eigenvalue weighted by atomic mass is 79.9. The van der Waals surface area contributed by atoms with Crippen LogP contribution in [0.15, 0.2) is 0 Å². The third-order valence-electron chi connectivity index (χ3n) is 1.05. The predicted octanol–water partition coefficient (Wildman–Crippen LogP) is 2.76. The largest absolute Gasteiger partial charge is 0.198 e. The van der Waals surface area contributed by atoms with Gasteiger partial charge < -0.3 is 0 Å². The van der Waals surface area contributed by atoms with Gasteiger partial charge in [-0.15, -0.1) is 12.4 Å². The standard InChI is InChI=1S/C6H6Br2N2.ClH/c7-4-6(8,5-10)2-1-3-9;/h1-2,4H2;1H. The van der Waals surface area contributed by atoms with Crippen molar-refractivity contribution in [1.29, 1.82) is 10.5 Å². The van der Waals surface area contributed by atoms with Gasteiger partial charge in [0.1, 0.15) is 4.32 Å². The molecule has 0 rings (SSSR count). The molecule has 0 aliphatic carbocycles. The van der Waals surface area contributed by atoms with E-state index in [1.807, 2.05) is 6.07 Å². The molecular formula is C6H7Br2ClN2. The predicted molar refractivity (Wildman–Crippen MR) is 53.2 cm³/mol. The molecule has 0 fully saturated rings. The molecule has 0 aromatic carbocycles. The van der Waals surface area contributed by atoms with Gasteiger partial charge in [0.05, 0.1) is 12.1 Å². The molecule has 0 aromatic rings. The Balaban J connectivity index is 0. The number of rotatable bonds is 3. The second kappa shape index (κ2) is 6.91. The highest BCUT2D eigenvalue weighted by molar-refractivity contribution is 9.12. The molecule has 62 valence electrons. The van der Waals surface area contributed by atoms with Crippen molar-refractivity contribution in [3.8, 4) is 12.1 Å². The van der Waals surface area contributed by atoms with E-state index in [1.165, 1.54) is 0 Å². The van der Waals surface area contributed by atoms with Crippen molar-refractivity contribution in [2.75, 3.05) is 5.33 Å². The van der Waals surface area contributed by atoms with Gasteiger partial charge in [0.25, 0.3) is 0 Å². The molecular weight excluding hydrogens is 295 g/mol. The van der Waals surface area contributed by atoms with E-state index in [9.17, 15) is 0 Å². The minimum Gasteiger partial charge on any atom is -0.198 e. The van der Waals surface area contributed by atoms with E-state index in [2.05, 4.69) is 37.9 Å². The Morgan fingerprint density at radius 2 is 1.91 bits per heavy atom. The Morgan fingerprint density at radius 3 is 2.18 bits per heavy atom. The molecule has 5 heteroatoms. The van der Waals surface area contributed by atoms with Gasteiger partial charge in [-0.1, -0.05) is 31.9 Å². The summed E-state index contributed by atoms with van der Waals surface area (Å²) in [5.74, 6) is 0. The summed E-state index contributed by atoms with van der Waals surface area (Å²) in [4.78, 5) is 0. The summed E-state index contributed by atoms with van der Waals surface area (Å²) in [7, 11) is 0. The highest BCUT2D eigenvalue weighted by Gasteiger charge is 2.23. The van der Waals surface area contributed by atoms with E-state index < -0.39 is 4.32 Å². The first-order chi connectivity index (χ1) is 4.68. The van der Waals surface area contributed by atoms with E-state index in [1.54, 1.807) is 0 Å². The number of halogens is 3. The van der Waals surface area contributed by atoms with Gasteiger partial charge in [-0.2, -0.15) is 10.5 Å². The van der Waals surface area contributed by atoms with Crippen molar-refractivity contribution < 1.29 is 0 Å². The number of hydrogen-bond donors (Lipinski definition) is 0. The highest BCUT2D eigenvalue weighted by Crippen LogP contribution is 2.25. The summed E-state index contributed by atoms with van der Waals surface area (Å²) in [5.41, 5.74) is 0. The van der Waals surface area contributed by atoms with Crippen molar-refractivity contribution in [1.82, 2.24) is 0 Å². The van der Waals surface area contributed by atoms with E-state index >= 15 is 0 Å². The molecule has 0 bridgehead atoms. The third-order valence-corrected chi connectivity index (χ3v) is 3.61. The first kappa shape index (κ1) is 13.8. The molecule has 0 aliphatic heterocycles. The van der Waals surface area contributed by atoms with Crippen molar-refractivity contribution in [2.24, 2.45) is 0 Å². The minimum absolute atomic E-state index is 0. The smallest absolute Gasteiger partial charge is 0.123 e. The number of nitriles is 2. The zero-order valence-corrected chi connectivity index (χ0v) is 9.67. The topological polar surface area (TPSA) is 47.6 Å². The fraction of sp³-hybridized carbons (Fsp3) is 0.667. The molecule has 1 atom stereocenters. The Hall–Kier alpha value is 0.230. The molecule has 0 radical (unpaired) electrons. The first-order valence-electron chi connectivity index (χ1n) is 2.71. The SMILES string of the molecule is Cl.N#CCCC(Br)(C#N)CBr. The molecule has 0 amide bonds.